The van der Waals surface area contributed by atoms with Crippen molar-refractivity contribution in [1.82, 2.24) is 19.5 Å². The van der Waals surface area contributed by atoms with Crippen LogP contribution in [0.5, 0.6) is 0 Å². The molecule has 4 aromatic rings. The summed E-state index contributed by atoms with van der Waals surface area (Å²) >= 11 is 0. The zero-order valence-electron chi connectivity index (χ0n) is 17.4. The molecule has 0 fully saturated rings. The lowest BCUT2D eigenvalue weighted by Gasteiger charge is -2.25. The lowest BCUT2D eigenvalue weighted by atomic mass is 10.0. The standard InChI is InChI=1S/C23H23N5O2/c1-23(2,3)28-19-10-9-14(15-12-25-22(24)26-13-15)11-18(19)27-20(28)16-7-5-6-8-17(16)21(29)30-4/h5-13H,1-4H3,(H2,24,25,26). The van der Waals surface area contributed by atoms with E-state index in [1.165, 1.54) is 7.11 Å². The minimum atomic E-state index is -0.391. The normalized spacial score (nSPS) is 11.6. The third-order valence-electron chi connectivity index (χ3n) is 4.90. The molecule has 0 amide bonds. The summed E-state index contributed by atoms with van der Waals surface area (Å²) in [5, 5.41) is 0. The second-order valence-corrected chi connectivity index (χ2v) is 8.01. The van der Waals surface area contributed by atoms with E-state index in [9.17, 15) is 4.79 Å². The first kappa shape index (κ1) is 19.6. The van der Waals surface area contributed by atoms with Crippen LogP contribution in [0.4, 0.5) is 5.95 Å². The molecule has 7 heteroatoms. The molecule has 0 aliphatic carbocycles. The molecule has 152 valence electrons. The number of imidazole rings is 1. The molecule has 2 aromatic heterocycles. The van der Waals surface area contributed by atoms with Gasteiger partial charge in [-0.1, -0.05) is 24.3 Å². The van der Waals surface area contributed by atoms with Gasteiger partial charge in [0.1, 0.15) is 5.82 Å². The number of ether oxygens (including phenoxy) is 1. The molecular weight excluding hydrogens is 378 g/mol. The topological polar surface area (TPSA) is 95.9 Å². The van der Waals surface area contributed by atoms with Gasteiger partial charge in [-0.15, -0.1) is 0 Å². The second-order valence-electron chi connectivity index (χ2n) is 8.01. The third-order valence-corrected chi connectivity index (χ3v) is 4.90. The number of methoxy groups -OCH3 is 1. The summed E-state index contributed by atoms with van der Waals surface area (Å²) in [4.78, 5) is 25.4. The van der Waals surface area contributed by atoms with E-state index in [1.807, 2.05) is 36.4 Å². The molecule has 0 unspecified atom stereocenters. The minimum absolute atomic E-state index is 0.235. The number of nitrogen functional groups attached to an aromatic ring is 1. The summed E-state index contributed by atoms with van der Waals surface area (Å²) < 4.78 is 7.13. The largest absolute Gasteiger partial charge is 0.465 e. The highest BCUT2D eigenvalue weighted by atomic mass is 16.5. The molecule has 2 aromatic carbocycles. The van der Waals surface area contributed by atoms with Crippen LogP contribution in [0.3, 0.4) is 0 Å². The van der Waals surface area contributed by atoms with Crippen LogP contribution in [-0.4, -0.2) is 32.6 Å². The molecule has 30 heavy (non-hydrogen) atoms. The summed E-state index contributed by atoms with van der Waals surface area (Å²) in [6.07, 6.45) is 3.38. The Morgan fingerprint density at radius 1 is 1.03 bits per heavy atom. The molecule has 2 heterocycles. The molecule has 7 nitrogen and oxygen atoms in total. The zero-order chi connectivity index (χ0) is 21.5. The van der Waals surface area contributed by atoms with Gasteiger partial charge in [0, 0.05) is 29.1 Å². The molecule has 0 aliphatic rings. The number of benzene rings is 2. The third kappa shape index (κ3) is 3.39. The predicted octanol–water partition coefficient (Wildman–Crippen LogP) is 4.28. The van der Waals surface area contributed by atoms with E-state index in [4.69, 9.17) is 15.5 Å². The SMILES string of the molecule is COC(=O)c1ccccc1-c1nc2cc(-c3cnc(N)nc3)ccc2n1C(C)(C)C. The zero-order valence-corrected chi connectivity index (χ0v) is 17.4. The number of hydrogen-bond donors (Lipinski definition) is 1. The average Bonchev–Trinajstić information content (AvgIpc) is 3.12. The number of anilines is 1. The number of fused-ring (bicyclic) bond motifs is 1. The number of nitrogens with zero attached hydrogens (tertiary/aromatic N) is 4. The van der Waals surface area contributed by atoms with Gasteiger partial charge >= 0.3 is 5.97 Å². The fraction of sp³-hybridized carbons (Fsp3) is 0.217. The number of carbonyl (C=O) groups excluding carboxylic acids is 1. The first-order valence-corrected chi connectivity index (χ1v) is 9.58. The smallest absolute Gasteiger partial charge is 0.338 e. The molecule has 0 saturated heterocycles. The molecule has 2 N–H and O–H groups in total. The van der Waals surface area contributed by atoms with Crippen LogP contribution in [0.15, 0.2) is 54.9 Å². The van der Waals surface area contributed by atoms with Gasteiger partial charge in [0.25, 0.3) is 0 Å². The molecule has 0 atom stereocenters. The Labute approximate surface area is 174 Å². The van der Waals surface area contributed by atoms with Crippen LogP contribution in [-0.2, 0) is 10.3 Å². The molecule has 0 spiro atoms. The van der Waals surface area contributed by atoms with Crippen molar-refractivity contribution in [3.63, 3.8) is 0 Å². The van der Waals surface area contributed by atoms with Gasteiger partial charge in [-0.05, 0) is 44.5 Å². The van der Waals surface area contributed by atoms with E-state index in [-0.39, 0.29) is 11.5 Å². The highest BCUT2D eigenvalue weighted by molar-refractivity contribution is 5.97. The van der Waals surface area contributed by atoms with Gasteiger partial charge in [-0.25, -0.2) is 19.7 Å². The van der Waals surface area contributed by atoms with Crippen LogP contribution < -0.4 is 5.73 Å². The number of aromatic nitrogens is 4. The fourth-order valence-corrected chi connectivity index (χ4v) is 3.57. The van der Waals surface area contributed by atoms with Crippen molar-refractivity contribution in [2.24, 2.45) is 0 Å². The fourth-order valence-electron chi connectivity index (χ4n) is 3.57. The van der Waals surface area contributed by atoms with Crippen molar-refractivity contribution in [1.29, 1.82) is 0 Å². The summed E-state index contributed by atoms with van der Waals surface area (Å²) in [6.45, 7) is 6.33. The Morgan fingerprint density at radius 2 is 1.73 bits per heavy atom. The Balaban J connectivity index is 1.97. The minimum Gasteiger partial charge on any atom is -0.465 e. The highest BCUT2D eigenvalue weighted by Crippen LogP contribution is 2.34. The van der Waals surface area contributed by atoms with Crippen LogP contribution in [0.2, 0.25) is 0 Å². The first-order chi connectivity index (χ1) is 14.3. The number of esters is 1. The maximum atomic E-state index is 12.4. The van der Waals surface area contributed by atoms with Gasteiger partial charge in [0.2, 0.25) is 5.95 Å². The van der Waals surface area contributed by atoms with Crippen LogP contribution in [0.25, 0.3) is 33.5 Å². The number of rotatable bonds is 3. The summed E-state index contributed by atoms with van der Waals surface area (Å²) in [7, 11) is 1.38. The van der Waals surface area contributed by atoms with Gasteiger partial charge in [0.05, 0.1) is 23.7 Å². The monoisotopic (exact) mass is 401 g/mol. The van der Waals surface area contributed by atoms with Crippen LogP contribution >= 0.6 is 0 Å². The van der Waals surface area contributed by atoms with Gasteiger partial charge in [-0.3, -0.25) is 0 Å². The maximum absolute atomic E-state index is 12.4. The predicted molar refractivity (Wildman–Crippen MR) is 117 cm³/mol. The van der Waals surface area contributed by atoms with Crippen molar-refractivity contribution < 1.29 is 9.53 Å². The Hall–Kier alpha value is -3.74. The molecule has 0 saturated carbocycles. The van der Waals surface area contributed by atoms with E-state index in [0.717, 1.165) is 27.7 Å². The van der Waals surface area contributed by atoms with Gasteiger partial charge < -0.3 is 15.0 Å². The Kier molecular flexibility index (Phi) is 4.73. The highest BCUT2D eigenvalue weighted by Gasteiger charge is 2.25. The van der Waals surface area contributed by atoms with Crippen molar-refractivity contribution in [3.8, 4) is 22.5 Å². The first-order valence-electron chi connectivity index (χ1n) is 9.58. The van der Waals surface area contributed by atoms with E-state index >= 15 is 0 Å². The summed E-state index contributed by atoms with van der Waals surface area (Å²) in [6, 6.07) is 13.4. The second kappa shape index (κ2) is 7.26. The maximum Gasteiger partial charge on any atom is 0.338 e. The van der Waals surface area contributed by atoms with E-state index in [1.54, 1.807) is 18.5 Å². The lowest BCUT2D eigenvalue weighted by molar-refractivity contribution is 0.0601. The molecular formula is C23H23N5O2. The molecule has 0 radical (unpaired) electrons. The number of carbonyl (C=O) groups is 1. The van der Waals surface area contributed by atoms with Crippen molar-refractivity contribution in [3.05, 3.63) is 60.4 Å². The number of hydrogen-bond acceptors (Lipinski definition) is 6. The van der Waals surface area contributed by atoms with E-state index in [2.05, 4.69) is 35.3 Å². The van der Waals surface area contributed by atoms with Gasteiger partial charge in [0.15, 0.2) is 0 Å². The van der Waals surface area contributed by atoms with Crippen LogP contribution in [0.1, 0.15) is 31.1 Å². The Bertz CT molecular complexity index is 1240. The summed E-state index contributed by atoms with van der Waals surface area (Å²) in [5.74, 6) is 0.556. The number of nitrogens with two attached hydrogens (primary N) is 1. The molecule has 4 rings (SSSR count). The van der Waals surface area contributed by atoms with Crippen LogP contribution in [0, 0.1) is 0 Å². The van der Waals surface area contributed by atoms with Crippen molar-refractivity contribution in [2.75, 3.05) is 12.8 Å². The molecule has 0 bridgehead atoms. The van der Waals surface area contributed by atoms with Crippen molar-refractivity contribution in [2.45, 2.75) is 26.3 Å². The average molecular weight is 401 g/mol. The molecule has 0 aliphatic heterocycles. The van der Waals surface area contributed by atoms with Gasteiger partial charge in [-0.2, -0.15) is 0 Å². The van der Waals surface area contributed by atoms with E-state index in [0.29, 0.717) is 11.4 Å². The lowest BCUT2D eigenvalue weighted by Crippen LogP contribution is -2.23. The van der Waals surface area contributed by atoms with Crippen molar-refractivity contribution >= 4 is 23.0 Å². The summed E-state index contributed by atoms with van der Waals surface area (Å²) in [5.41, 5.74) is 10.1. The Morgan fingerprint density at radius 3 is 2.40 bits per heavy atom. The quantitative estimate of drug-likeness (QED) is 0.515. The van der Waals surface area contributed by atoms with E-state index < -0.39 is 5.97 Å².